The highest BCUT2D eigenvalue weighted by Gasteiger charge is 2.37. The predicted octanol–water partition coefficient (Wildman–Crippen LogP) is 2.98. The highest BCUT2D eigenvalue weighted by molar-refractivity contribution is 9.10. The van der Waals surface area contributed by atoms with Crippen LogP contribution in [0, 0.1) is 0 Å². The number of hydrogen-bond acceptors (Lipinski definition) is 6. The van der Waals surface area contributed by atoms with Crippen LogP contribution < -0.4 is 10.0 Å². The Morgan fingerprint density at radius 2 is 1.88 bits per heavy atom. The Hall–Kier alpha value is -1.04. The fraction of sp³-hybridized carbons (Fsp3) is 0.667. The fourth-order valence-corrected chi connectivity index (χ4v) is 3.94. The molecule has 11 heteroatoms. The smallest absolute Gasteiger partial charge is 0.408 e. The standard InChI is InChI=1S/C15H24BrN3O5S2/c1-14(2,3)24-13(22)18-10(12(20)21)9(11-17-8(16)7-25-11)19-26(23)15(4,5)6/h7,9-10,19H,1-6H3,(H,18,22)(H,20,21)/t9-,10-,26-/m0/s1. The van der Waals surface area contributed by atoms with Gasteiger partial charge in [-0.1, -0.05) is 0 Å². The van der Waals surface area contributed by atoms with Gasteiger partial charge in [0.25, 0.3) is 0 Å². The molecule has 0 bridgehead atoms. The Morgan fingerprint density at radius 3 is 2.27 bits per heavy atom. The quantitative estimate of drug-likeness (QED) is 0.589. The molecule has 1 aromatic heterocycles. The van der Waals surface area contributed by atoms with Crippen molar-refractivity contribution in [3.05, 3.63) is 15.0 Å². The van der Waals surface area contributed by atoms with Crippen molar-refractivity contribution < 1.29 is 23.6 Å². The number of thiazole rings is 1. The molecule has 3 atom stereocenters. The summed E-state index contributed by atoms with van der Waals surface area (Å²) in [7, 11) is -1.58. The first kappa shape index (κ1) is 23.0. The molecule has 0 aromatic carbocycles. The van der Waals surface area contributed by atoms with Crippen molar-refractivity contribution in [2.45, 2.75) is 64.0 Å². The van der Waals surface area contributed by atoms with Gasteiger partial charge in [-0.3, -0.25) is 0 Å². The molecule has 1 aromatic rings. The number of amides is 1. The molecule has 148 valence electrons. The van der Waals surface area contributed by atoms with Gasteiger partial charge in [0, 0.05) is 5.38 Å². The van der Waals surface area contributed by atoms with Crippen LogP contribution in [0.1, 0.15) is 52.6 Å². The van der Waals surface area contributed by atoms with E-state index in [9.17, 15) is 18.9 Å². The minimum atomic E-state index is -1.58. The number of nitrogens with zero attached hydrogens (tertiary/aromatic N) is 1. The summed E-state index contributed by atoms with van der Waals surface area (Å²) in [5.74, 6) is -1.30. The fourth-order valence-electron chi connectivity index (χ4n) is 1.69. The summed E-state index contributed by atoms with van der Waals surface area (Å²) in [4.78, 5) is 28.1. The number of nitrogens with one attached hydrogen (secondary N) is 2. The van der Waals surface area contributed by atoms with Gasteiger partial charge >= 0.3 is 12.1 Å². The number of carbonyl (C=O) groups is 2. The molecule has 3 N–H and O–H groups in total. The van der Waals surface area contributed by atoms with Crippen molar-refractivity contribution in [1.29, 1.82) is 0 Å². The average Bonchev–Trinajstić information content (AvgIpc) is 2.85. The number of carboxylic acids is 1. The molecule has 0 spiro atoms. The SMILES string of the molecule is CC(C)(C)OC(=O)N[C@H](C(=O)O)[C@H](N[S@@](=O)C(C)(C)C)c1nc(Br)cs1. The largest absolute Gasteiger partial charge is 0.480 e. The topological polar surface area (TPSA) is 118 Å². The van der Waals surface area contributed by atoms with Gasteiger partial charge in [-0.05, 0) is 57.5 Å². The number of carboxylic acid groups (broad SMARTS) is 1. The molecule has 0 aliphatic rings. The highest BCUT2D eigenvalue weighted by atomic mass is 79.9. The van der Waals surface area contributed by atoms with Crippen LogP contribution in [0.15, 0.2) is 9.98 Å². The molecule has 0 unspecified atom stereocenters. The minimum absolute atomic E-state index is 0.373. The third-order valence-electron chi connectivity index (χ3n) is 2.82. The second kappa shape index (κ2) is 8.77. The molecule has 8 nitrogen and oxygen atoms in total. The molecule has 0 radical (unpaired) electrons. The Morgan fingerprint density at radius 1 is 1.31 bits per heavy atom. The van der Waals surface area contributed by atoms with Gasteiger partial charge in [0.15, 0.2) is 6.04 Å². The molecule has 1 amide bonds. The molecule has 26 heavy (non-hydrogen) atoms. The molecule has 0 aliphatic carbocycles. The van der Waals surface area contributed by atoms with Crippen LogP contribution in [0.25, 0.3) is 0 Å². The van der Waals surface area contributed by atoms with Gasteiger partial charge in [0.2, 0.25) is 0 Å². The highest BCUT2D eigenvalue weighted by Crippen LogP contribution is 2.26. The van der Waals surface area contributed by atoms with E-state index in [1.807, 2.05) is 0 Å². The van der Waals surface area contributed by atoms with Gasteiger partial charge in [-0.2, -0.15) is 0 Å². The van der Waals surface area contributed by atoms with Gasteiger partial charge in [0.05, 0.1) is 15.7 Å². The van der Waals surface area contributed by atoms with Crippen LogP contribution in [0.4, 0.5) is 4.79 Å². The third-order valence-corrected chi connectivity index (χ3v) is 6.04. The third kappa shape index (κ3) is 7.29. The lowest BCUT2D eigenvalue weighted by molar-refractivity contribution is -0.140. The average molecular weight is 470 g/mol. The van der Waals surface area contributed by atoms with Gasteiger partial charge in [-0.15, -0.1) is 11.3 Å². The van der Waals surface area contributed by atoms with Gasteiger partial charge < -0.3 is 15.2 Å². The van der Waals surface area contributed by atoms with E-state index in [-0.39, 0.29) is 0 Å². The van der Waals surface area contributed by atoms with E-state index in [1.165, 1.54) is 11.3 Å². The lowest BCUT2D eigenvalue weighted by Crippen LogP contribution is -2.52. The summed E-state index contributed by atoms with van der Waals surface area (Å²) < 4.78 is 20.3. The Labute approximate surface area is 167 Å². The number of carbonyl (C=O) groups excluding carboxylic acids is 1. The number of hydrogen-bond donors (Lipinski definition) is 3. The summed E-state index contributed by atoms with van der Waals surface area (Å²) >= 11 is 4.41. The molecule has 0 fully saturated rings. The van der Waals surface area contributed by atoms with Gasteiger partial charge in [0.1, 0.15) is 21.3 Å². The Balaban J connectivity index is 3.16. The zero-order chi connectivity index (χ0) is 20.3. The van der Waals surface area contributed by atoms with Crippen molar-refractivity contribution in [1.82, 2.24) is 15.0 Å². The number of halogens is 1. The van der Waals surface area contributed by atoms with E-state index in [2.05, 4.69) is 31.0 Å². The van der Waals surface area contributed by atoms with Crippen LogP contribution >= 0.6 is 27.3 Å². The van der Waals surface area contributed by atoms with Crippen molar-refractivity contribution >= 4 is 50.3 Å². The first-order chi connectivity index (χ1) is 11.7. The molecule has 0 saturated carbocycles. The lowest BCUT2D eigenvalue weighted by Gasteiger charge is -2.28. The van der Waals surface area contributed by atoms with E-state index in [1.54, 1.807) is 46.9 Å². The second-order valence-electron chi connectivity index (χ2n) is 7.45. The van der Waals surface area contributed by atoms with E-state index < -0.39 is 45.5 Å². The zero-order valence-electron chi connectivity index (χ0n) is 15.5. The number of aliphatic carboxylic acids is 1. The predicted molar refractivity (Wildman–Crippen MR) is 104 cm³/mol. The molecule has 1 rings (SSSR count). The van der Waals surface area contributed by atoms with Crippen LogP contribution in [0.3, 0.4) is 0 Å². The molecule has 0 aliphatic heterocycles. The maximum absolute atomic E-state index is 12.5. The van der Waals surface area contributed by atoms with Crippen LogP contribution in [-0.4, -0.2) is 42.8 Å². The maximum Gasteiger partial charge on any atom is 0.408 e. The van der Waals surface area contributed by atoms with Crippen molar-refractivity contribution in [2.75, 3.05) is 0 Å². The number of ether oxygens (including phenoxy) is 1. The summed E-state index contributed by atoms with van der Waals surface area (Å²) in [6, 6.07) is -2.43. The Kier molecular flexibility index (Phi) is 7.75. The Bertz CT molecular complexity index is 682. The molecular formula is C15H24BrN3O5S2. The molecule has 1 heterocycles. The van der Waals surface area contributed by atoms with E-state index in [0.29, 0.717) is 9.61 Å². The first-order valence-electron chi connectivity index (χ1n) is 7.72. The van der Waals surface area contributed by atoms with Crippen molar-refractivity contribution in [2.24, 2.45) is 0 Å². The summed E-state index contributed by atoms with van der Waals surface area (Å²) in [5, 5.41) is 14.0. The second-order valence-corrected chi connectivity index (χ2v) is 11.1. The first-order valence-corrected chi connectivity index (χ1v) is 10.5. The van der Waals surface area contributed by atoms with Crippen molar-refractivity contribution in [3.8, 4) is 0 Å². The monoisotopic (exact) mass is 469 g/mol. The zero-order valence-corrected chi connectivity index (χ0v) is 18.7. The summed E-state index contributed by atoms with van der Waals surface area (Å²) in [6.45, 7) is 10.3. The van der Waals surface area contributed by atoms with E-state index >= 15 is 0 Å². The maximum atomic E-state index is 12.5. The number of aromatic nitrogens is 1. The van der Waals surface area contributed by atoms with Gasteiger partial charge in [-0.25, -0.2) is 23.5 Å². The molecular weight excluding hydrogens is 446 g/mol. The summed E-state index contributed by atoms with van der Waals surface area (Å²) in [6.07, 6.45) is -0.881. The minimum Gasteiger partial charge on any atom is -0.480 e. The number of alkyl carbamates (subject to hydrolysis) is 1. The van der Waals surface area contributed by atoms with E-state index in [0.717, 1.165) is 0 Å². The van der Waals surface area contributed by atoms with E-state index in [4.69, 9.17) is 4.74 Å². The number of rotatable bonds is 6. The summed E-state index contributed by atoms with van der Waals surface area (Å²) in [5.41, 5.74) is -0.783. The van der Waals surface area contributed by atoms with Crippen LogP contribution in [0.2, 0.25) is 0 Å². The van der Waals surface area contributed by atoms with Crippen molar-refractivity contribution in [3.63, 3.8) is 0 Å². The lowest BCUT2D eigenvalue weighted by atomic mass is 10.1. The molecule has 0 saturated heterocycles. The normalized spacial score (nSPS) is 15.8. The van der Waals surface area contributed by atoms with Crippen LogP contribution in [0.5, 0.6) is 0 Å². The van der Waals surface area contributed by atoms with Crippen LogP contribution in [-0.2, 0) is 20.5 Å².